The van der Waals surface area contributed by atoms with Crippen LogP contribution in [-0.2, 0) is 11.2 Å². The first-order valence-corrected chi connectivity index (χ1v) is 5.77. The largest absolute Gasteiger partial charge is 0.465 e. The molecule has 0 unspecified atom stereocenters. The van der Waals surface area contributed by atoms with E-state index in [4.69, 9.17) is 0 Å². The SMILES string of the molecule is COC(=O)c1cncc(Cc2ccc(C)cc2)c1. The van der Waals surface area contributed by atoms with Crippen LogP contribution in [0.5, 0.6) is 0 Å². The van der Waals surface area contributed by atoms with Gasteiger partial charge >= 0.3 is 5.97 Å². The lowest BCUT2D eigenvalue weighted by Gasteiger charge is -2.04. The number of hydrogen-bond acceptors (Lipinski definition) is 3. The van der Waals surface area contributed by atoms with Gasteiger partial charge in [-0.2, -0.15) is 0 Å². The molecule has 1 heterocycles. The molecule has 18 heavy (non-hydrogen) atoms. The molecule has 3 heteroatoms. The van der Waals surface area contributed by atoms with Crippen molar-refractivity contribution < 1.29 is 9.53 Å². The minimum Gasteiger partial charge on any atom is -0.465 e. The van der Waals surface area contributed by atoms with Crippen LogP contribution in [0.25, 0.3) is 0 Å². The number of benzene rings is 1. The smallest absolute Gasteiger partial charge is 0.339 e. The van der Waals surface area contributed by atoms with Gasteiger partial charge in [0, 0.05) is 12.4 Å². The number of aromatic nitrogens is 1. The fourth-order valence-electron chi connectivity index (χ4n) is 1.76. The topological polar surface area (TPSA) is 39.2 Å². The number of carbonyl (C=O) groups excluding carboxylic acids is 1. The molecule has 0 aliphatic carbocycles. The zero-order valence-corrected chi connectivity index (χ0v) is 10.5. The lowest BCUT2D eigenvalue weighted by molar-refractivity contribution is 0.0600. The van der Waals surface area contributed by atoms with Crippen molar-refractivity contribution in [3.8, 4) is 0 Å². The summed E-state index contributed by atoms with van der Waals surface area (Å²) in [5.74, 6) is -0.353. The minimum absolute atomic E-state index is 0.353. The fraction of sp³-hybridized carbons (Fsp3) is 0.200. The highest BCUT2D eigenvalue weighted by Gasteiger charge is 2.06. The molecule has 0 aliphatic heterocycles. The molecule has 3 nitrogen and oxygen atoms in total. The van der Waals surface area contributed by atoms with E-state index < -0.39 is 0 Å². The van der Waals surface area contributed by atoms with Crippen LogP contribution in [0.2, 0.25) is 0 Å². The summed E-state index contributed by atoms with van der Waals surface area (Å²) in [6, 6.07) is 10.1. The van der Waals surface area contributed by atoms with Crippen molar-refractivity contribution in [1.82, 2.24) is 4.98 Å². The Morgan fingerprint density at radius 3 is 2.56 bits per heavy atom. The number of hydrogen-bond donors (Lipinski definition) is 0. The molecule has 2 rings (SSSR count). The molecule has 92 valence electrons. The summed E-state index contributed by atoms with van der Waals surface area (Å²) in [6.45, 7) is 2.06. The number of nitrogens with zero attached hydrogens (tertiary/aromatic N) is 1. The molecule has 0 saturated heterocycles. The second-order valence-electron chi connectivity index (χ2n) is 4.24. The molecule has 2 aromatic rings. The predicted octanol–water partition coefficient (Wildman–Crippen LogP) is 2.77. The molecule has 0 saturated carbocycles. The van der Waals surface area contributed by atoms with Crippen LogP contribution in [0.3, 0.4) is 0 Å². The van der Waals surface area contributed by atoms with Crippen LogP contribution < -0.4 is 0 Å². The van der Waals surface area contributed by atoms with Crippen molar-refractivity contribution in [2.45, 2.75) is 13.3 Å². The number of pyridine rings is 1. The van der Waals surface area contributed by atoms with Gasteiger partial charge in [0.1, 0.15) is 0 Å². The van der Waals surface area contributed by atoms with E-state index in [2.05, 4.69) is 40.9 Å². The van der Waals surface area contributed by atoms with Gasteiger partial charge in [0.25, 0.3) is 0 Å². The Balaban J connectivity index is 2.19. The van der Waals surface area contributed by atoms with E-state index in [0.717, 1.165) is 12.0 Å². The van der Waals surface area contributed by atoms with Crippen LogP contribution in [0, 0.1) is 6.92 Å². The molecule has 1 aromatic heterocycles. The lowest BCUT2D eigenvalue weighted by Crippen LogP contribution is -2.03. The van der Waals surface area contributed by atoms with Gasteiger partial charge in [-0.1, -0.05) is 29.8 Å². The van der Waals surface area contributed by atoms with Gasteiger partial charge in [-0.05, 0) is 30.5 Å². The number of ether oxygens (including phenoxy) is 1. The Morgan fingerprint density at radius 2 is 1.89 bits per heavy atom. The third kappa shape index (κ3) is 2.94. The Bertz CT molecular complexity index is 547. The molecular weight excluding hydrogens is 226 g/mol. The first kappa shape index (κ1) is 12.3. The fourth-order valence-corrected chi connectivity index (χ4v) is 1.76. The standard InChI is InChI=1S/C15H15NO2/c1-11-3-5-12(6-4-11)7-13-8-14(10-16-9-13)15(17)18-2/h3-6,8-10H,7H2,1-2H3. The highest BCUT2D eigenvalue weighted by molar-refractivity contribution is 5.89. The van der Waals surface area contributed by atoms with Crippen LogP contribution in [0.1, 0.15) is 27.0 Å². The average Bonchev–Trinajstić information content (AvgIpc) is 2.41. The van der Waals surface area contributed by atoms with Gasteiger partial charge < -0.3 is 4.74 Å². The summed E-state index contributed by atoms with van der Waals surface area (Å²) >= 11 is 0. The van der Waals surface area contributed by atoms with Crippen LogP contribution in [0.15, 0.2) is 42.7 Å². The highest BCUT2D eigenvalue weighted by Crippen LogP contribution is 2.11. The average molecular weight is 241 g/mol. The van der Waals surface area contributed by atoms with E-state index in [0.29, 0.717) is 5.56 Å². The molecule has 0 spiro atoms. The summed E-state index contributed by atoms with van der Waals surface area (Å²) < 4.78 is 4.68. The Kier molecular flexibility index (Phi) is 3.72. The Labute approximate surface area is 106 Å². The van der Waals surface area contributed by atoms with Crippen LogP contribution >= 0.6 is 0 Å². The molecule has 0 fully saturated rings. The van der Waals surface area contributed by atoms with Gasteiger partial charge in [-0.15, -0.1) is 0 Å². The number of methoxy groups -OCH3 is 1. The van der Waals surface area contributed by atoms with Gasteiger partial charge in [-0.25, -0.2) is 4.79 Å². The van der Waals surface area contributed by atoms with Gasteiger partial charge in [0.15, 0.2) is 0 Å². The van der Waals surface area contributed by atoms with E-state index in [1.807, 2.05) is 6.07 Å². The van der Waals surface area contributed by atoms with E-state index in [1.54, 1.807) is 6.20 Å². The van der Waals surface area contributed by atoms with Crippen LogP contribution in [0.4, 0.5) is 0 Å². The monoisotopic (exact) mass is 241 g/mol. The van der Waals surface area contributed by atoms with Gasteiger partial charge in [-0.3, -0.25) is 4.98 Å². The molecule has 0 radical (unpaired) electrons. The van der Waals surface area contributed by atoms with E-state index >= 15 is 0 Å². The van der Waals surface area contributed by atoms with E-state index in [-0.39, 0.29) is 5.97 Å². The van der Waals surface area contributed by atoms with Crippen molar-refractivity contribution in [3.05, 3.63) is 65.0 Å². The van der Waals surface area contributed by atoms with Crippen molar-refractivity contribution in [2.24, 2.45) is 0 Å². The molecule has 1 aromatic carbocycles. The number of rotatable bonds is 3. The third-order valence-electron chi connectivity index (χ3n) is 2.74. The summed E-state index contributed by atoms with van der Waals surface area (Å²) in [7, 11) is 1.37. The number of carbonyl (C=O) groups is 1. The zero-order valence-electron chi connectivity index (χ0n) is 10.5. The quantitative estimate of drug-likeness (QED) is 0.776. The molecule has 0 amide bonds. The number of esters is 1. The van der Waals surface area contributed by atoms with Crippen molar-refractivity contribution in [3.63, 3.8) is 0 Å². The minimum atomic E-state index is -0.353. The second kappa shape index (κ2) is 5.45. The van der Waals surface area contributed by atoms with E-state index in [1.165, 1.54) is 24.4 Å². The first-order chi connectivity index (χ1) is 8.69. The van der Waals surface area contributed by atoms with Gasteiger partial charge in [0.05, 0.1) is 12.7 Å². The summed E-state index contributed by atoms with van der Waals surface area (Å²) in [5.41, 5.74) is 3.92. The Morgan fingerprint density at radius 1 is 1.17 bits per heavy atom. The van der Waals surface area contributed by atoms with E-state index in [9.17, 15) is 4.79 Å². The predicted molar refractivity (Wildman–Crippen MR) is 69.6 cm³/mol. The highest BCUT2D eigenvalue weighted by atomic mass is 16.5. The molecule has 0 atom stereocenters. The summed E-state index contributed by atoms with van der Waals surface area (Å²) in [6.07, 6.45) is 4.05. The summed E-state index contributed by atoms with van der Waals surface area (Å²) in [4.78, 5) is 15.5. The molecule has 0 aliphatic rings. The van der Waals surface area contributed by atoms with Crippen molar-refractivity contribution in [1.29, 1.82) is 0 Å². The molecular formula is C15H15NO2. The maximum atomic E-state index is 11.4. The lowest BCUT2D eigenvalue weighted by atomic mass is 10.0. The molecule has 0 N–H and O–H groups in total. The second-order valence-corrected chi connectivity index (χ2v) is 4.24. The zero-order chi connectivity index (χ0) is 13.0. The Hall–Kier alpha value is -2.16. The molecule has 0 bridgehead atoms. The maximum Gasteiger partial charge on any atom is 0.339 e. The number of aryl methyl sites for hydroxylation is 1. The van der Waals surface area contributed by atoms with Crippen LogP contribution in [-0.4, -0.2) is 18.1 Å². The normalized spacial score (nSPS) is 10.1. The third-order valence-corrected chi connectivity index (χ3v) is 2.74. The first-order valence-electron chi connectivity index (χ1n) is 5.77. The van der Waals surface area contributed by atoms with Crippen molar-refractivity contribution in [2.75, 3.05) is 7.11 Å². The summed E-state index contributed by atoms with van der Waals surface area (Å²) in [5, 5.41) is 0. The van der Waals surface area contributed by atoms with Gasteiger partial charge in [0.2, 0.25) is 0 Å². The maximum absolute atomic E-state index is 11.4. The van der Waals surface area contributed by atoms with Crippen molar-refractivity contribution >= 4 is 5.97 Å².